The first-order chi connectivity index (χ1) is 7.91. The van der Waals surface area contributed by atoms with Gasteiger partial charge in [0.05, 0.1) is 39.6 Å². The summed E-state index contributed by atoms with van der Waals surface area (Å²) in [6.45, 7) is 2.75. The minimum absolute atomic E-state index is 0.0675. The van der Waals surface area contributed by atoms with Gasteiger partial charge < -0.3 is 19.3 Å². The van der Waals surface area contributed by atoms with Gasteiger partial charge in [0.25, 0.3) is 0 Å². The molecule has 0 bridgehead atoms. The molecule has 0 amide bonds. The second-order valence-corrected chi connectivity index (χ2v) is 3.55. The van der Waals surface area contributed by atoms with Crippen LogP contribution in [0, 0.1) is 0 Å². The highest BCUT2D eigenvalue weighted by Crippen LogP contribution is 1.91. The van der Waals surface area contributed by atoms with Crippen molar-refractivity contribution in [2.75, 3.05) is 46.8 Å². The molecule has 0 saturated heterocycles. The van der Waals surface area contributed by atoms with Gasteiger partial charge in [0, 0.05) is 7.11 Å². The zero-order valence-corrected chi connectivity index (χ0v) is 10.4. The standard InChI is InChI=1S/C7H16O4.C4H4S/c1-9-4-5-11-7-6-10-3-2-8;1-2-4-5-3-1/h8H,2-7H2,1H3;1-4H. The highest BCUT2D eigenvalue weighted by atomic mass is 32.1. The Balaban J connectivity index is 0.000000368. The molecule has 1 heterocycles. The van der Waals surface area contributed by atoms with Crippen molar-refractivity contribution in [2.24, 2.45) is 0 Å². The first kappa shape index (κ1) is 15.5. The quantitative estimate of drug-likeness (QED) is 0.707. The van der Waals surface area contributed by atoms with Crippen LogP contribution in [-0.4, -0.2) is 51.9 Å². The van der Waals surface area contributed by atoms with Crippen molar-refractivity contribution >= 4 is 11.3 Å². The molecule has 94 valence electrons. The van der Waals surface area contributed by atoms with E-state index < -0.39 is 0 Å². The average molecular weight is 248 g/mol. The molecule has 0 saturated carbocycles. The molecule has 5 heteroatoms. The monoisotopic (exact) mass is 248 g/mol. The predicted molar refractivity (Wildman–Crippen MR) is 64.9 cm³/mol. The summed E-state index contributed by atoms with van der Waals surface area (Å²) >= 11 is 1.71. The minimum Gasteiger partial charge on any atom is -0.394 e. The van der Waals surface area contributed by atoms with Crippen LogP contribution in [0.15, 0.2) is 22.9 Å². The number of ether oxygens (including phenoxy) is 3. The van der Waals surface area contributed by atoms with Gasteiger partial charge in [-0.15, -0.1) is 0 Å². The average Bonchev–Trinajstić information content (AvgIpc) is 2.87. The third kappa shape index (κ3) is 13.5. The van der Waals surface area contributed by atoms with Crippen molar-refractivity contribution in [3.05, 3.63) is 22.9 Å². The van der Waals surface area contributed by atoms with Gasteiger partial charge in [-0.05, 0) is 10.8 Å². The van der Waals surface area contributed by atoms with Crippen LogP contribution < -0.4 is 0 Å². The number of rotatable bonds is 8. The van der Waals surface area contributed by atoms with Gasteiger partial charge in [0.2, 0.25) is 0 Å². The lowest BCUT2D eigenvalue weighted by Crippen LogP contribution is -2.09. The lowest BCUT2D eigenvalue weighted by Gasteiger charge is -2.03. The van der Waals surface area contributed by atoms with E-state index in [9.17, 15) is 0 Å². The minimum atomic E-state index is 0.0675. The van der Waals surface area contributed by atoms with Crippen LogP contribution in [0.25, 0.3) is 0 Å². The number of aliphatic hydroxyl groups excluding tert-OH is 1. The summed E-state index contributed by atoms with van der Waals surface area (Å²) in [5.41, 5.74) is 0. The Hall–Kier alpha value is -0.460. The second kappa shape index (κ2) is 14.5. The normalized spacial score (nSPS) is 9.62. The van der Waals surface area contributed by atoms with Gasteiger partial charge in [-0.3, -0.25) is 0 Å². The summed E-state index contributed by atoms with van der Waals surface area (Å²) in [5, 5.41) is 12.4. The second-order valence-electron chi connectivity index (χ2n) is 2.73. The molecule has 4 nitrogen and oxygen atoms in total. The lowest BCUT2D eigenvalue weighted by molar-refractivity contribution is 0.0159. The van der Waals surface area contributed by atoms with Crippen molar-refractivity contribution < 1.29 is 19.3 Å². The Bertz CT molecular complexity index is 167. The van der Waals surface area contributed by atoms with Crippen molar-refractivity contribution in [3.63, 3.8) is 0 Å². The Morgan fingerprint density at radius 1 is 0.938 bits per heavy atom. The Morgan fingerprint density at radius 2 is 1.50 bits per heavy atom. The van der Waals surface area contributed by atoms with E-state index in [0.29, 0.717) is 33.0 Å². The summed E-state index contributed by atoms with van der Waals surface area (Å²) in [6.07, 6.45) is 0. The van der Waals surface area contributed by atoms with Gasteiger partial charge in [-0.25, -0.2) is 0 Å². The summed E-state index contributed by atoms with van der Waals surface area (Å²) in [5.74, 6) is 0. The van der Waals surface area contributed by atoms with Gasteiger partial charge >= 0.3 is 0 Å². The van der Waals surface area contributed by atoms with E-state index in [1.165, 1.54) is 0 Å². The molecular weight excluding hydrogens is 228 g/mol. The van der Waals surface area contributed by atoms with Gasteiger partial charge in [-0.1, -0.05) is 12.1 Å². The third-order valence-electron chi connectivity index (χ3n) is 1.46. The number of thiophene rings is 1. The summed E-state index contributed by atoms with van der Waals surface area (Å²) in [6, 6.07) is 4.04. The molecule has 0 aromatic carbocycles. The SMILES string of the molecule is COCCOCCOCCO.c1ccsc1. The van der Waals surface area contributed by atoms with Crippen LogP contribution >= 0.6 is 11.3 Å². The number of methoxy groups -OCH3 is 1. The molecule has 1 aromatic rings. The van der Waals surface area contributed by atoms with E-state index in [2.05, 4.69) is 0 Å². The maximum Gasteiger partial charge on any atom is 0.0701 e. The van der Waals surface area contributed by atoms with E-state index in [1.54, 1.807) is 18.4 Å². The maximum atomic E-state index is 8.32. The van der Waals surface area contributed by atoms with Crippen LogP contribution in [0.4, 0.5) is 0 Å². The zero-order valence-electron chi connectivity index (χ0n) is 9.63. The van der Waals surface area contributed by atoms with E-state index in [1.807, 2.05) is 22.9 Å². The fourth-order valence-electron chi connectivity index (χ4n) is 0.756. The fourth-order valence-corrected chi connectivity index (χ4v) is 1.21. The molecule has 0 spiro atoms. The highest BCUT2D eigenvalue weighted by Gasteiger charge is 1.87. The van der Waals surface area contributed by atoms with E-state index in [0.717, 1.165) is 0 Å². The first-order valence-electron chi connectivity index (χ1n) is 5.14. The first-order valence-corrected chi connectivity index (χ1v) is 6.08. The Kier molecular flexibility index (Phi) is 14.1. The maximum absolute atomic E-state index is 8.32. The molecule has 1 N–H and O–H groups in total. The Morgan fingerprint density at radius 3 is 1.94 bits per heavy atom. The molecule has 0 unspecified atom stereocenters. The number of hydrogen-bond donors (Lipinski definition) is 1. The molecule has 0 aliphatic heterocycles. The van der Waals surface area contributed by atoms with Gasteiger partial charge in [0.15, 0.2) is 0 Å². The summed E-state index contributed by atoms with van der Waals surface area (Å²) < 4.78 is 14.8. The Labute approximate surface area is 101 Å². The molecule has 0 aliphatic rings. The molecule has 0 aliphatic carbocycles. The van der Waals surface area contributed by atoms with Gasteiger partial charge in [-0.2, -0.15) is 11.3 Å². The molecule has 0 atom stereocenters. The topological polar surface area (TPSA) is 47.9 Å². The highest BCUT2D eigenvalue weighted by molar-refractivity contribution is 7.07. The zero-order chi connectivity index (χ0) is 11.9. The lowest BCUT2D eigenvalue weighted by atomic mass is 10.7. The number of hydrogen-bond acceptors (Lipinski definition) is 5. The number of aliphatic hydroxyl groups is 1. The van der Waals surface area contributed by atoms with Crippen molar-refractivity contribution in [2.45, 2.75) is 0 Å². The third-order valence-corrected chi connectivity index (χ3v) is 2.09. The van der Waals surface area contributed by atoms with E-state index in [4.69, 9.17) is 19.3 Å². The van der Waals surface area contributed by atoms with Crippen LogP contribution in [0.2, 0.25) is 0 Å². The van der Waals surface area contributed by atoms with Crippen LogP contribution in [-0.2, 0) is 14.2 Å². The van der Waals surface area contributed by atoms with Crippen LogP contribution in [0.3, 0.4) is 0 Å². The summed E-state index contributed by atoms with van der Waals surface area (Å²) in [7, 11) is 1.63. The largest absolute Gasteiger partial charge is 0.394 e. The molecule has 1 aromatic heterocycles. The van der Waals surface area contributed by atoms with Crippen LogP contribution in [0.1, 0.15) is 0 Å². The molecule has 0 radical (unpaired) electrons. The van der Waals surface area contributed by atoms with E-state index in [-0.39, 0.29) is 6.61 Å². The van der Waals surface area contributed by atoms with E-state index >= 15 is 0 Å². The molecular formula is C11H20O4S. The summed E-state index contributed by atoms with van der Waals surface area (Å²) in [4.78, 5) is 0. The molecule has 16 heavy (non-hydrogen) atoms. The van der Waals surface area contributed by atoms with Crippen LogP contribution in [0.5, 0.6) is 0 Å². The molecule has 0 fully saturated rings. The smallest absolute Gasteiger partial charge is 0.0701 e. The van der Waals surface area contributed by atoms with Crippen molar-refractivity contribution in [1.82, 2.24) is 0 Å². The van der Waals surface area contributed by atoms with Crippen molar-refractivity contribution in [3.8, 4) is 0 Å². The molecule has 1 rings (SSSR count). The van der Waals surface area contributed by atoms with Gasteiger partial charge in [0.1, 0.15) is 0 Å². The fraction of sp³-hybridized carbons (Fsp3) is 0.636. The van der Waals surface area contributed by atoms with Crippen molar-refractivity contribution in [1.29, 1.82) is 0 Å². The predicted octanol–water partition coefficient (Wildman–Crippen LogP) is 1.41.